The third kappa shape index (κ3) is 5.71. The fourth-order valence-electron chi connectivity index (χ4n) is 0.551. The van der Waals surface area contributed by atoms with Gasteiger partial charge in [0.05, 0.1) is 5.75 Å². The molecule has 1 amide bonds. The van der Waals surface area contributed by atoms with Gasteiger partial charge in [0.25, 0.3) is 16.0 Å². The van der Waals surface area contributed by atoms with Gasteiger partial charge >= 0.3 is 0 Å². The second kappa shape index (κ2) is 5.77. The predicted molar refractivity (Wildman–Crippen MR) is 52.7 cm³/mol. The molecule has 0 saturated carbocycles. The summed E-state index contributed by atoms with van der Waals surface area (Å²) in [5, 5.41) is 0. The average Bonchev–Trinajstić information content (AvgIpc) is 2.11. The maximum atomic E-state index is 11.0. The Morgan fingerprint density at radius 3 is 2.50 bits per heavy atom. The lowest BCUT2D eigenvalue weighted by Crippen LogP contribution is -2.28. The number of rotatable bonds is 6. The standard InChI is InChI=1S/C8H15NO4S/c1-4-5-6-14(11,12)13-9-8(10)7(2)3/h2,4-6H2,1,3H3,(H,9,10). The highest BCUT2D eigenvalue weighted by Gasteiger charge is 2.12. The molecular formula is C8H15NO4S. The molecule has 0 unspecified atom stereocenters. The Labute approximate surface area is 84.2 Å². The van der Waals surface area contributed by atoms with Crippen LogP contribution in [0.3, 0.4) is 0 Å². The van der Waals surface area contributed by atoms with E-state index in [1.807, 2.05) is 6.92 Å². The molecule has 0 bridgehead atoms. The van der Waals surface area contributed by atoms with Crippen molar-refractivity contribution in [3.63, 3.8) is 0 Å². The number of carbonyl (C=O) groups excluding carboxylic acids is 1. The maximum Gasteiger partial charge on any atom is 0.287 e. The van der Waals surface area contributed by atoms with Gasteiger partial charge in [-0.05, 0) is 13.3 Å². The van der Waals surface area contributed by atoms with Crippen LogP contribution in [0.2, 0.25) is 0 Å². The van der Waals surface area contributed by atoms with Crippen LogP contribution in [0.15, 0.2) is 12.2 Å². The van der Waals surface area contributed by atoms with Gasteiger partial charge < -0.3 is 0 Å². The summed E-state index contributed by atoms with van der Waals surface area (Å²) in [7, 11) is -3.65. The van der Waals surface area contributed by atoms with E-state index in [9.17, 15) is 13.2 Å². The van der Waals surface area contributed by atoms with Crippen LogP contribution in [0.4, 0.5) is 0 Å². The molecule has 82 valence electrons. The molecule has 6 heteroatoms. The van der Waals surface area contributed by atoms with Crippen LogP contribution >= 0.6 is 0 Å². The predicted octanol–water partition coefficient (Wildman–Crippen LogP) is 0.740. The van der Waals surface area contributed by atoms with Crippen molar-refractivity contribution in [2.45, 2.75) is 26.7 Å². The molecule has 0 heterocycles. The second-order valence-electron chi connectivity index (χ2n) is 2.91. The van der Waals surface area contributed by atoms with Crippen molar-refractivity contribution in [2.24, 2.45) is 0 Å². The monoisotopic (exact) mass is 221 g/mol. The van der Waals surface area contributed by atoms with E-state index < -0.39 is 16.0 Å². The molecule has 0 aromatic rings. The Morgan fingerprint density at radius 2 is 2.07 bits per heavy atom. The van der Waals surface area contributed by atoms with Gasteiger partial charge in [-0.2, -0.15) is 8.42 Å². The first-order valence-corrected chi connectivity index (χ1v) is 5.83. The van der Waals surface area contributed by atoms with Crippen molar-refractivity contribution >= 4 is 16.0 Å². The minimum atomic E-state index is -3.65. The highest BCUT2D eigenvalue weighted by Crippen LogP contribution is 1.97. The first-order chi connectivity index (χ1) is 6.39. The number of amides is 1. The lowest BCUT2D eigenvalue weighted by Gasteiger charge is -2.04. The number of carbonyl (C=O) groups is 1. The SMILES string of the molecule is C=C(C)C(=O)NOS(=O)(=O)CCCC. The Balaban J connectivity index is 4.00. The number of hydrogen-bond donors (Lipinski definition) is 1. The quantitative estimate of drug-likeness (QED) is 0.530. The molecule has 0 aliphatic rings. The van der Waals surface area contributed by atoms with Gasteiger partial charge in [0.15, 0.2) is 0 Å². The molecule has 0 fully saturated rings. The van der Waals surface area contributed by atoms with Gasteiger partial charge in [-0.3, -0.25) is 4.79 Å². The van der Waals surface area contributed by atoms with E-state index in [0.717, 1.165) is 6.42 Å². The molecule has 0 spiro atoms. The molecular weight excluding hydrogens is 206 g/mol. The Kier molecular flexibility index (Phi) is 5.40. The highest BCUT2D eigenvalue weighted by atomic mass is 32.2. The highest BCUT2D eigenvalue weighted by molar-refractivity contribution is 7.86. The molecule has 1 N–H and O–H groups in total. The summed E-state index contributed by atoms with van der Waals surface area (Å²) in [5.74, 6) is -0.731. The molecule has 0 aromatic heterocycles. The van der Waals surface area contributed by atoms with E-state index in [1.54, 1.807) is 5.48 Å². The summed E-state index contributed by atoms with van der Waals surface area (Å²) in [5.41, 5.74) is 2.00. The molecule has 0 aliphatic heterocycles. The van der Waals surface area contributed by atoms with Crippen LogP contribution in [-0.2, 0) is 19.2 Å². The number of hydroxylamine groups is 1. The van der Waals surface area contributed by atoms with Gasteiger partial charge in [-0.1, -0.05) is 19.9 Å². The maximum absolute atomic E-state index is 11.0. The Hall–Kier alpha value is -0.880. The zero-order valence-corrected chi connectivity index (χ0v) is 9.19. The van der Waals surface area contributed by atoms with E-state index in [2.05, 4.69) is 10.9 Å². The van der Waals surface area contributed by atoms with Gasteiger partial charge in [0.2, 0.25) is 0 Å². The van der Waals surface area contributed by atoms with Crippen LogP contribution in [0.1, 0.15) is 26.7 Å². The fourth-order valence-corrected chi connectivity index (χ4v) is 1.48. The minimum absolute atomic E-state index is 0.0973. The third-order valence-corrected chi connectivity index (χ3v) is 2.52. The molecule has 14 heavy (non-hydrogen) atoms. The topological polar surface area (TPSA) is 72.5 Å². The van der Waals surface area contributed by atoms with Gasteiger partial charge in [-0.15, -0.1) is 4.28 Å². The molecule has 0 aromatic carbocycles. The van der Waals surface area contributed by atoms with Gasteiger partial charge in [0, 0.05) is 5.57 Å². The molecule has 5 nitrogen and oxygen atoms in total. The average molecular weight is 221 g/mol. The van der Waals surface area contributed by atoms with E-state index in [4.69, 9.17) is 0 Å². The first-order valence-electron chi connectivity index (χ1n) is 4.26. The van der Waals surface area contributed by atoms with Crippen molar-refractivity contribution in [1.82, 2.24) is 5.48 Å². The third-order valence-electron chi connectivity index (χ3n) is 1.40. The number of unbranched alkanes of at least 4 members (excludes halogenated alkanes) is 1. The van der Waals surface area contributed by atoms with Crippen molar-refractivity contribution in [3.05, 3.63) is 12.2 Å². The van der Waals surface area contributed by atoms with Crippen molar-refractivity contribution < 1.29 is 17.5 Å². The minimum Gasteiger partial charge on any atom is -0.267 e. The van der Waals surface area contributed by atoms with Crippen molar-refractivity contribution in [2.75, 3.05) is 5.75 Å². The summed E-state index contributed by atoms with van der Waals surface area (Å²) >= 11 is 0. The lowest BCUT2D eigenvalue weighted by molar-refractivity contribution is -0.123. The summed E-state index contributed by atoms with van der Waals surface area (Å²) in [6, 6.07) is 0. The van der Waals surface area contributed by atoms with Crippen LogP contribution in [0.25, 0.3) is 0 Å². The van der Waals surface area contributed by atoms with Crippen LogP contribution in [0, 0.1) is 0 Å². The van der Waals surface area contributed by atoms with Crippen LogP contribution in [-0.4, -0.2) is 20.1 Å². The summed E-state index contributed by atoms with van der Waals surface area (Å²) in [6.45, 7) is 6.65. The Morgan fingerprint density at radius 1 is 1.50 bits per heavy atom. The first kappa shape index (κ1) is 13.1. The summed E-state index contributed by atoms with van der Waals surface area (Å²) < 4.78 is 26.4. The summed E-state index contributed by atoms with van der Waals surface area (Å²) in [6.07, 6.45) is 1.25. The summed E-state index contributed by atoms with van der Waals surface area (Å²) in [4.78, 5) is 10.9. The molecule has 0 atom stereocenters. The normalized spacial score (nSPS) is 11.0. The van der Waals surface area contributed by atoms with E-state index in [0.29, 0.717) is 6.42 Å². The Bertz CT molecular complexity index is 307. The van der Waals surface area contributed by atoms with E-state index in [-0.39, 0.29) is 11.3 Å². The smallest absolute Gasteiger partial charge is 0.267 e. The van der Waals surface area contributed by atoms with Crippen LogP contribution < -0.4 is 5.48 Å². The molecule has 0 rings (SSSR count). The molecule has 0 saturated heterocycles. The second-order valence-corrected chi connectivity index (χ2v) is 4.60. The largest absolute Gasteiger partial charge is 0.287 e. The zero-order valence-electron chi connectivity index (χ0n) is 8.37. The van der Waals surface area contributed by atoms with E-state index in [1.165, 1.54) is 6.92 Å². The van der Waals surface area contributed by atoms with Gasteiger partial charge in [0.1, 0.15) is 0 Å². The van der Waals surface area contributed by atoms with E-state index >= 15 is 0 Å². The number of hydrogen-bond acceptors (Lipinski definition) is 4. The molecule has 0 radical (unpaired) electrons. The zero-order chi connectivity index (χ0) is 11.2. The lowest BCUT2D eigenvalue weighted by atomic mass is 10.3. The number of nitrogens with one attached hydrogen (secondary N) is 1. The van der Waals surface area contributed by atoms with Crippen molar-refractivity contribution in [3.8, 4) is 0 Å². The van der Waals surface area contributed by atoms with Crippen LogP contribution in [0.5, 0.6) is 0 Å². The fraction of sp³-hybridized carbons (Fsp3) is 0.625. The van der Waals surface area contributed by atoms with Gasteiger partial charge in [-0.25, -0.2) is 5.48 Å². The molecule has 0 aliphatic carbocycles. The van der Waals surface area contributed by atoms with Crippen molar-refractivity contribution in [1.29, 1.82) is 0 Å².